The van der Waals surface area contributed by atoms with Gasteiger partial charge in [-0.2, -0.15) is 0 Å². The third-order valence-electron chi connectivity index (χ3n) is 3.20. The van der Waals surface area contributed by atoms with Gasteiger partial charge in [0, 0.05) is 5.56 Å². The van der Waals surface area contributed by atoms with Gasteiger partial charge >= 0.3 is 0 Å². The summed E-state index contributed by atoms with van der Waals surface area (Å²) in [7, 11) is 0. The van der Waals surface area contributed by atoms with Gasteiger partial charge in [0.2, 0.25) is 5.88 Å². The molecule has 1 aromatic rings. The summed E-state index contributed by atoms with van der Waals surface area (Å²) in [6.45, 7) is 1.99. The minimum atomic E-state index is 0.536. The molecule has 1 aromatic heterocycles. The van der Waals surface area contributed by atoms with Crippen LogP contribution in [-0.4, -0.2) is 5.16 Å². The Morgan fingerprint density at radius 1 is 1.21 bits per heavy atom. The maximum Gasteiger partial charge on any atom is 0.225 e. The number of nitrogens with zero attached hydrogens (tertiary/aromatic N) is 1. The topological polar surface area (TPSA) is 52.0 Å². The van der Waals surface area contributed by atoms with Crippen molar-refractivity contribution in [3.05, 3.63) is 11.3 Å². The first-order chi connectivity index (χ1) is 6.79. The molecule has 1 saturated carbocycles. The van der Waals surface area contributed by atoms with E-state index in [-0.39, 0.29) is 0 Å². The number of aromatic nitrogens is 1. The fourth-order valence-corrected chi connectivity index (χ4v) is 2.46. The Morgan fingerprint density at radius 3 is 2.36 bits per heavy atom. The lowest BCUT2D eigenvalue weighted by Gasteiger charge is -2.12. The van der Waals surface area contributed by atoms with Crippen molar-refractivity contribution in [2.24, 2.45) is 0 Å². The van der Waals surface area contributed by atoms with Crippen LogP contribution < -0.4 is 5.73 Å². The largest absolute Gasteiger partial charge is 0.367 e. The van der Waals surface area contributed by atoms with Gasteiger partial charge in [0.1, 0.15) is 0 Å². The standard InChI is InChI=1S/C11H18N2O/c1-8-10(11(12)14-13-8)9-6-4-2-3-5-7-9/h9H,2-7,12H2,1H3. The Labute approximate surface area is 84.7 Å². The zero-order valence-corrected chi connectivity index (χ0v) is 8.75. The van der Waals surface area contributed by atoms with Crippen molar-refractivity contribution in [3.63, 3.8) is 0 Å². The van der Waals surface area contributed by atoms with Crippen molar-refractivity contribution < 1.29 is 4.52 Å². The summed E-state index contributed by atoms with van der Waals surface area (Å²) in [5.74, 6) is 1.12. The fraction of sp³-hybridized carbons (Fsp3) is 0.727. The molecule has 78 valence electrons. The van der Waals surface area contributed by atoms with Gasteiger partial charge in [0.05, 0.1) is 5.69 Å². The number of hydrogen-bond acceptors (Lipinski definition) is 3. The van der Waals surface area contributed by atoms with E-state index in [9.17, 15) is 0 Å². The lowest BCUT2D eigenvalue weighted by atomic mass is 9.92. The quantitative estimate of drug-likeness (QED) is 0.699. The summed E-state index contributed by atoms with van der Waals surface area (Å²) < 4.78 is 5.02. The summed E-state index contributed by atoms with van der Waals surface area (Å²) in [6.07, 6.45) is 7.84. The number of nitrogens with two attached hydrogens (primary N) is 1. The van der Waals surface area contributed by atoms with Crippen LogP contribution >= 0.6 is 0 Å². The normalized spacial score (nSPS) is 19.5. The molecule has 2 N–H and O–H groups in total. The number of rotatable bonds is 1. The molecule has 0 atom stereocenters. The van der Waals surface area contributed by atoms with Crippen LogP contribution in [0.5, 0.6) is 0 Å². The molecule has 0 amide bonds. The Morgan fingerprint density at radius 2 is 1.86 bits per heavy atom. The van der Waals surface area contributed by atoms with E-state index >= 15 is 0 Å². The Hall–Kier alpha value is -0.990. The molecule has 0 aliphatic heterocycles. The van der Waals surface area contributed by atoms with Gasteiger partial charge in [-0.25, -0.2) is 0 Å². The number of anilines is 1. The Bertz CT molecular complexity index is 279. The molecule has 0 spiro atoms. The number of aryl methyl sites for hydroxylation is 1. The fourth-order valence-electron chi connectivity index (χ4n) is 2.46. The summed E-state index contributed by atoms with van der Waals surface area (Å²) in [4.78, 5) is 0. The van der Waals surface area contributed by atoms with Crippen LogP contribution in [-0.2, 0) is 0 Å². The van der Waals surface area contributed by atoms with Gasteiger partial charge in [-0.1, -0.05) is 30.8 Å². The number of hydrogen-bond donors (Lipinski definition) is 1. The van der Waals surface area contributed by atoms with E-state index in [1.807, 2.05) is 6.92 Å². The molecule has 3 nitrogen and oxygen atoms in total. The lowest BCUT2D eigenvalue weighted by Crippen LogP contribution is -2.01. The second kappa shape index (κ2) is 4.03. The van der Waals surface area contributed by atoms with Gasteiger partial charge in [-0.05, 0) is 25.7 Å². The molecule has 0 unspecified atom stereocenters. The summed E-state index contributed by atoms with van der Waals surface area (Å²) in [5.41, 5.74) is 7.95. The highest BCUT2D eigenvalue weighted by atomic mass is 16.5. The van der Waals surface area contributed by atoms with Crippen molar-refractivity contribution in [2.75, 3.05) is 5.73 Å². The molecule has 14 heavy (non-hydrogen) atoms. The molecular weight excluding hydrogens is 176 g/mol. The van der Waals surface area contributed by atoms with Crippen molar-refractivity contribution >= 4 is 5.88 Å². The van der Waals surface area contributed by atoms with Crippen LogP contribution in [0.25, 0.3) is 0 Å². The molecule has 1 heterocycles. The highest BCUT2D eigenvalue weighted by Gasteiger charge is 2.21. The molecule has 3 heteroatoms. The first-order valence-corrected chi connectivity index (χ1v) is 5.50. The molecule has 0 saturated heterocycles. The molecule has 0 aromatic carbocycles. The highest BCUT2D eigenvalue weighted by molar-refractivity contribution is 5.41. The minimum absolute atomic E-state index is 0.536. The van der Waals surface area contributed by atoms with Crippen LogP contribution in [0.4, 0.5) is 5.88 Å². The van der Waals surface area contributed by atoms with E-state index in [1.165, 1.54) is 44.1 Å². The summed E-state index contributed by atoms with van der Waals surface area (Å²) in [6, 6.07) is 0. The van der Waals surface area contributed by atoms with Crippen LogP contribution in [0.15, 0.2) is 4.52 Å². The predicted molar refractivity (Wildman–Crippen MR) is 56.1 cm³/mol. The molecular formula is C11H18N2O. The summed E-state index contributed by atoms with van der Waals surface area (Å²) >= 11 is 0. The Kier molecular flexibility index (Phi) is 2.75. The second-order valence-electron chi connectivity index (χ2n) is 4.23. The zero-order valence-electron chi connectivity index (χ0n) is 8.75. The smallest absolute Gasteiger partial charge is 0.225 e. The molecule has 2 rings (SSSR count). The molecule has 1 aliphatic carbocycles. The van der Waals surface area contributed by atoms with Gasteiger partial charge in [-0.15, -0.1) is 0 Å². The lowest BCUT2D eigenvalue weighted by molar-refractivity contribution is 0.430. The van der Waals surface area contributed by atoms with E-state index < -0.39 is 0 Å². The van der Waals surface area contributed by atoms with E-state index in [4.69, 9.17) is 10.3 Å². The Balaban J connectivity index is 2.19. The zero-order chi connectivity index (χ0) is 9.97. The average Bonchev–Trinajstić information content (AvgIpc) is 2.45. The maximum atomic E-state index is 5.79. The van der Waals surface area contributed by atoms with Crippen molar-refractivity contribution in [3.8, 4) is 0 Å². The monoisotopic (exact) mass is 194 g/mol. The van der Waals surface area contributed by atoms with E-state index in [0.29, 0.717) is 11.8 Å². The molecule has 0 bridgehead atoms. The SMILES string of the molecule is Cc1noc(N)c1C1CCCCCC1. The maximum absolute atomic E-state index is 5.79. The van der Waals surface area contributed by atoms with Crippen LogP contribution in [0.2, 0.25) is 0 Å². The third-order valence-corrected chi connectivity index (χ3v) is 3.20. The van der Waals surface area contributed by atoms with Gasteiger partial charge < -0.3 is 10.3 Å². The van der Waals surface area contributed by atoms with Crippen molar-refractivity contribution in [2.45, 2.75) is 51.4 Å². The average molecular weight is 194 g/mol. The third kappa shape index (κ3) is 1.76. The first kappa shape index (κ1) is 9.56. The first-order valence-electron chi connectivity index (χ1n) is 5.50. The molecule has 1 aliphatic rings. The van der Waals surface area contributed by atoms with Crippen LogP contribution in [0.3, 0.4) is 0 Å². The predicted octanol–water partition coefficient (Wildman–Crippen LogP) is 3.00. The van der Waals surface area contributed by atoms with E-state index in [1.54, 1.807) is 0 Å². The number of nitrogen functional groups attached to an aromatic ring is 1. The van der Waals surface area contributed by atoms with Crippen molar-refractivity contribution in [1.82, 2.24) is 5.16 Å². The van der Waals surface area contributed by atoms with Gasteiger partial charge in [0.15, 0.2) is 0 Å². The van der Waals surface area contributed by atoms with E-state index in [0.717, 1.165) is 5.69 Å². The van der Waals surface area contributed by atoms with Gasteiger partial charge in [-0.3, -0.25) is 0 Å². The van der Waals surface area contributed by atoms with Crippen LogP contribution in [0, 0.1) is 6.92 Å². The minimum Gasteiger partial charge on any atom is -0.367 e. The highest BCUT2D eigenvalue weighted by Crippen LogP contribution is 2.36. The second-order valence-corrected chi connectivity index (χ2v) is 4.23. The van der Waals surface area contributed by atoms with Gasteiger partial charge in [0.25, 0.3) is 0 Å². The van der Waals surface area contributed by atoms with Crippen molar-refractivity contribution in [1.29, 1.82) is 0 Å². The van der Waals surface area contributed by atoms with Crippen LogP contribution in [0.1, 0.15) is 55.7 Å². The summed E-state index contributed by atoms with van der Waals surface area (Å²) in [5, 5.41) is 3.92. The molecule has 0 radical (unpaired) electrons. The molecule has 1 fully saturated rings. The van der Waals surface area contributed by atoms with E-state index in [2.05, 4.69) is 5.16 Å².